The van der Waals surface area contributed by atoms with E-state index in [0.717, 1.165) is 36.5 Å². The first-order chi connectivity index (χ1) is 13.1. The molecule has 2 aromatic carbocycles. The van der Waals surface area contributed by atoms with Crippen LogP contribution < -0.4 is 4.74 Å². The van der Waals surface area contributed by atoms with Gasteiger partial charge in [-0.15, -0.1) is 0 Å². The van der Waals surface area contributed by atoms with Gasteiger partial charge in [-0.05, 0) is 30.2 Å². The van der Waals surface area contributed by atoms with E-state index in [0.29, 0.717) is 5.92 Å². The smallest absolute Gasteiger partial charge is 0.194 e. The molecule has 0 aliphatic heterocycles. The third-order valence-electron chi connectivity index (χ3n) is 5.79. The second-order valence-electron chi connectivity index (χ2n) is 7.59. The molecule has 1 unspecified atom stereocenters. The Morgan fingerprint density at radius 2 is 1.52 bits per heavy atom. The van der Waals surface area contributed by atoms with Gasteiger partial charge in [0, 0.05) is 12.1 Å². The molecule has 3 rings (SSSR count). The lowest BCUT2D eigenvalue weighted by atomic mass is 9.78. The van der Waals surface area contributed by atoms with Crippen LogP contribution in [0.1, 0.15) is 63.5 Å². The molecule has 0 amide bonds. The van der Waals surface area contributed by atoms with E-state index in [4.69, 9.17) is 4.74 Å². The second-order valence-corrected chi connectivity index (χ2v) is 7.59. The molecule has 0 heterocycles. The molecule has 0 spiro atoms. The van der Waals surface area contributed by atoms with Gasteiger partial charge in [0.1, 0.15) is 11.9 Å². The fourth-order valence-corrected chi connectivity index (χ4v) is 4.04. The Morgan fingerprint density at radius 3 is 2.11 bits per heavy atom. The Balaban J connectivity index is 1.69. The largest absolute Gasteiger partial charge is 0.486 e. The Morgan fingerprint density at radius 1 is 0.926 bits per heavy atom. The van der Waals surface area contributed by atoms with Gasteiger partial charge in [-0.3, -0.25) is 0 Å². The van der Waals surface area contributed by atoms with E-state index in [1.54, 1.807) is 0 Å². The molecular weight excluding hydrogens is 349 g/mol. The highest BCUT2D eigenvalue weighted by Gasteiger charge is 2.23. The van der Waals surface area contributed by atoms with Gasteiger partial charge in [0.25, 0.3) is 0 Å². The van der Waals surface area contributed by atoms with Crippen LogP contribution in [0.5, 0.6) is 5.75 Å². The van der Waals surface area contributed by atoms with Crippen molar-refractivity contribution in [3.05, 3.63) is 65.5 Å². The van der Waals surface area contributed by atoms with Gasteiger partial charge in [0.2, 0.25) is 0 Å². The topological polar surface area (TPSA) is 9.23 Å². The molecular formula is C23H27F3O. The van der Waals surface area contributed by atoms with E-state index in [9.17, 15) is 13.2 Å². The summed E-state index contributed by atoms with van der Waals surface area (Å²) in [5, 5.41) is 0. The van der Waals surface area contributed by atoms with Crippen molar-refractivity contribution in [1.29, 1.82) is 0 Å². The van der Waals surface area contributed by atoms with E-state index in [1.165, 1.54) is 32.1 Å². The summed E-state index contributed by atoms with van der Waals surface area (Å²) in [7, 11) is 0. The summed E-state index contributed by atoms with van der Waals surface area (Å²) in [6.45, 7) is 2.26. The van der Waals surface area contributed by atoms with Crippen molar-refractivity contribution in [3.8, 4) is 5.75 Å². The molecule has 4 heteroatoms. The van der Waals surface area contributed by atoms with E-state index >= 15 is 0 Å². The highest BCUT2D eigenvalue weighted by molar-refractivity contribution is 5.27. The molecule has 1 nitrogen and oxygen atoms in total. The van der Waals surface area contributed by atoms with E-state index < -0.39 is 17.5 Å². The molecule has 0 bridgehead atoms. The van der Waals surface area contributed by atoms with Crippen molar-refractivity contribution in [2.75, 3.05) is 0 Å². The minimum atomic E-state index is -1.47. The fourth-order valence-electron chi connectivity index (χ4n) is 4.04. The number of ether oxygens (including phenoxy) is 1. The zero-order chi connectivity index (χ0) is 19.2. The Labute approximate surface area is 159 Å². The average Bonchev–Trinajstić information content (AvgIpc) is 2.70. The lowest BCUT2D eigenvalue weighted by Crippen LogP contribution is -2.16. The molecule has 0 N–H and O–H groups in total. The molecule has 1 aliphatic carbocycles. The number of benzene rings is 2. The van der Waals surface area contributed by atoms with Crippen LogP contribution >= 0.6 is 0 Å². The van der Waals surface area contributed by atoms with E-state index in [2.05, 4.69) is 6.92 Å². The van der Waals surface area contributed by atoms with Crippen LogP contribution in [0.3, 0.4) is 0 Å². The predicted octanol–water partition coefficient (Wildman–Crippen LogP) is 7.22. The van der Waals surface area contributed by atoms with Gasteiger partial charge in [-0.25, -0.2) is 13.2 Å². The highest BCUT2D eigenvalue weighted by Crippen LogP contribution is 2.36. The number of rotatable bonds is 7. The molecule has 1 saturated carbocycles. The SMILES string of the molecule is CC[C@H]1CC[C@H](CCC(Oc2cc(F)c(F)c(F)c2)c2ccccc2)CC1. The summed E-state index contributed by atoms with van der Waals surface area (Å²) in [6, 6.07) is 11.5. The second kappa shape index (κ2) is 9.29. The third kappa shape index (κ3) is 5.27. The molecule has 1 aliphatic rings. The molecule has 2 aromatic rings. The summed E-state index contributed by atoms with van der Waals surface area (Å²) in [4.78, 5) is 0. The van der Waals surface area contributed by atoms with Crippen molar-refractivity contribution in [1.82, 2.24) is 0 Å². The number of hydrogen-bond donors (Lipinski definition) is 0. The van der Waals surface area contributed by atoms with Crippen molar-refractivity contribution >= 4 is 0 Å². The van der Waals surface area contributed by atoms with Crippen LogP contribution in [-0.2, 0) is 0 Å². The Bertz CT molecular complexity index is 701. The first-order valence-electron chi connectivity index (χ1n) is 9.93. The lowest BCUT2D eigenvalue weighted by Gasteiger charge is -2.29. The maximum absolute atomic E-state index is 13.5. The monoisotopic (exact) mass is 376 g/mol. The predicted molar refractivity (Wildman–Crippen MR) is 101 cm³/mol. The highest BCUT2D eigenvalue weighted by atomic mass is 19.2. The fraction of sp³-hybridized carbons (Fsp3) is 0.478. The number of hydrogen-bond acceptors (Lipinski definition) is 1. The van der Waals surface area contributed by atoms with Crippen molar-refractivity contribution in [2.45, 2.75) is 58.0 Å². The zero-order valence-corrected chi connectivity index (χ0v) is 15.8. The summed E-state index contributed by atoms with van der Waals surface area (Å²) in [5.41, 5.74) is 0.963. The standard InChI is InChI=1S/C23H27F3O/c1-2-16-8-10-17(11-9-16)12-13-22(18-6-4-3-5-7-18)27-19-14-20(24)23(26)21(25)15-19/h3-7,14-17,22H,2,8-13H2,1H3/t16-,17-,22?. The van der Waals surface area contributed by atoms with Crippen LogP contribution in [0.2, 0.25) is 0 Å². The lowest BCUT2D eigenvalue weighted by molar-refractivity contribution is 0.167. The Hall–Kier alpha value is -1.97. The third-order valence-corrected chi connectivity index (χ3v) is 5.79. The van der Waals surface area contributed by atoms with Gasteiger partial charge in [0.15, 0.2) is 17.5 Å². The number of halogens is 3. The van der Waals surface area contributed by atoms with Gasteiger partial charge in [-0.1, -0.05) is 69.4 Å². The minimum absolute atomic E-state index is 0.0231. The maximum atomic E-state index is 13.5. The van der Waals surface area contributed by atoms with Gasteiger partial charge in [0.05, 0.1) is 0 Å². The van der Waals surface area contributed by atoms with Crippen molar-refractivity contribution in [2.24, 2.45) is 11.8 Å². The molecule has 1 atom stereocenters. The van der Waals surface area contributed by atoms with Gasteiger partial charge >= 0.3 is 0 Å². The molecule has 0 aromatic heterocycles. The van der Waals surface area contributed by atoms with Crippen LogP contribution in [0.25, 0.3) is 0 Å². The van der Waals surface area contributed by atoms with Crippen LogP contribution in [-0.4, -0.2) is 0 Å². The molecule has 27 heavy (non-hydrogen) atoms. The summed E-state index contributed by atoms with van der Waals surface area (Å²) in [6.07, 6.45) is 7.77. The molecule has 146 valence electrons. The minimum Gasteiger partial charge on any atom is -0.486 e. The quantitative estimate of drug-likeness (QED) is 0.464. The summed E-state index contributed by atoms with van der Waals surface area (Å²) < 4.78 is 46.2. The first kappa shape index (κ1) is 19.8. The van der Waals surface area contributed by atoms with Crippen LogP contribution in [0.4, 0.5) is 13.2 Å². The maximum Gasteiger partial charge on any atom is 0.194 e. The van der Waals surface area contributed by atoms with Crippen LogP contribution in [0, 0.1) is 29.3 Å². The normalized spacial score (nSPS) is 21.0. The Kier molecular flexibility index (Phi) is 6.81. The van der Waals surface area contributed by atoms with Gasteiger partial charge < -0.3 is 4.74 Å². The van der Waals surface area contributed by atoms with E-state index in [1.807, 2.05) is 30.3 Å². The van der Waals surface area contributed by atoms with Crippen LogP contribution in [0.15, 0.2) is 42.5 Å². The zero-order valence-electron chi connectivity index (χ0n) is 15.8. The molecule has 0 saturated heterocycles. The van der Waals surface area contributed by atoms with Crippen molar-refractivity contribution < 1.29 is 17.9 Å². The first-order valence-corrected chi connectivity index (χ1v) is 9.93. The van der Waals surface area contributed by atoms with Gasteiger partial charge in [-0.2, -0.15) is 0 Å². The average molecular weight is 376 g/mol. The summed E-state index contributed by atoms with van der Waals surface area (Å²) >= 11 is 0. The molecule has 0 radical (unpaired) electrons. The molecule has 1 fully saturated rings. The summed E-state index contributed by atoms with van der Waals surface area (Å²) in [5.74, 6) is -2.37. The van der Waals surface area contributed by atoms with E-state index in [-0.39, 0.29) is 11.9 Å². The van der Waals surface area contributed by atoms with Crippen molar-refractivity contribution in [3.63, 3.8) is 0 Å².